The van der Waals surface area contributed by atoms with Crippen molar-refractivity contribution in [1.29, 1.82) is 0 Å². The lowest BCUT2D eigenvalue weighted by Gasteiger charge is -2.15. The Kier molecular flexibility index (Phi) is 4.82. The topological polar surface area (TPSA) is 81.3 Å². The molecule has 0 spiro atoms. The number of carbonyl (C=O) groups excluding carboxylic acids is 1. The van der Waals surface area contributed by atoms with Gasteiger partial charge in [0.1, 0.15) is 11.6 Å². The summed E-state index contributed by atoms with van der Waals surface area (Å²) in [4.78, 5) is 13.3. The fraction of sp³-hybridized carbons (Fsp3) is 0.353. The highest BCUT2D eigenvalue weighted by Crippen LogP contribution is 2.35. The number of hydrogen-bond acceptors (Lipinski definition) is 6. The van der Waals surface area contributed by atoms with E-state index in [1.165, 1.54) is 18.2 Å². The van der Waals surface area contributed by atoms with Gasteiger partial charge in [-0.25, -0.2) is 4.79 Å². The molecular formula is C17H17F3N4O2. The first kappa shape index (κ1) is 18.1. The lowest BCUT2D eigenvalue weighted by atomic mass is 9.97. The number of carbonyl (C=O) groups is 1. The molecule has 1 saturated heterocycles. The van der Waals surface area contributed by atoms with Gasteiger partial charge >= 0.3 is 12.1 Å². The van der Waals surface area contributed by atoms with Crippen molar-refractivity contribution in [2.75, 3.05) is 25.9 Å². The van der Waals surface area contributed by atoms with E-state index in [4.69, 9.17) is 5.73 Å². The Morgan fingerprint density at radius 3 is 2.69 bits per heavy atom. The Morgan fingerprint density at radius 2 is 2.04 bits per heavy atom. The van der Waals surface area contributed by atoms with Crippen molar-refractivity contribution in [3.63, 3.8) is 0 Å². The first-order valence-corrected chi connectivity index (χ1v) is 7.95. The Hall–Kier alpha value is -2.68. The number of para-hydroxylation sites is 1. The molecule has 0 radical (unpaired) electrons. The maximum absolute atomic E-state index is 12.5. The average molecular weight is 366 g/mol. The molecule has 0 aliphatic carbocycles. The molecule has 6 nitrogen and oxygen atoms in total. The number of nitrogen functional groups attached to an aromatic ring is 1. The van der Waals surface area contributed by atoms with E-state index in [1.807, 2.05) is 7.05 Å². The van der Waals surface area contributed by atoms with Gasteiger partial charge in [0.25, 0.3) is 0 Å². The number of likely N-dealkylation sites (N-methyl/N-ethyl adjacent to an activating group) is 1. The van der Waals surface area contributed by atoms with Gasteiger partial charge in [0.2, 0.25) is 0 Å². The molecule has 1 aliphatic heterocycles. The Bertz CT molecular complexity index is 826. The smallest absolute Gasteiger partial charge is 0.419 e. The number of nitrogens with two attached hydrogens (primary N) is 1. The largest absolute Gasteiger partial charge is 0.491 e. The highest BCUT2D eigenvalue weighted by molar-refractivity contribution is 5.81. The van der Waals surface area contributed by atoms with Crippen LogP contribution in [0.25, 0.3) is 11.3 Å². The van der Waals surface area contributed by atoms with Crippen LogP contribution in [0.2, 0.25) is 0 Å². The average Bonchev–Trinajstić information content (AvgIpc) is 3.01. The number of likely N-dealkylation sites (tertiary alicyclic amines) is 1. The molecule has 138 valence electrons. The highest BCUT2D eigenvalue weighted by Gasteiger charge is 2.41. The van der Waals surface area contributed by atoms with E-state index in [1.54, 1.807) is 12.1 Å². The second-order valence-corrected chi connectivity index (χ2v) is 6.20. The molecule has 2 N–H and O–H groups in total. The van der Waals surface area contributed by atoms with Gasteiger partial charge in [0.15, 0.2) is 0 Å². The highest BCUT2D eigenvalue weighted by atomic mass is 19.4. The summed E-state index contributed by atoms with van der Waals surface area (Å²) in [7, 11) is 2.00. The van der Waals surface area contributed by atoms with Crippen molar-refractivity contribution in [2.45, 2.75) is 18.5 Å². The van der Waals surface area contributed by atoms with E-state index in [2.05, 4.69) is 19.8 Å². The van der Waals surface area contributed by atoms with Crippen molar-refractivity contribution in [2.24, 2.45) is 0 Å². The second kappa shape index (κ2) is 6.91. The third-order valence-corrected chi connectivity index (χ3v) is 4.28. The summed E-state index contributed by atoms with van der Waals surface area (Å²) in [5, 5.41) is 7.91. The van der Waals surface area contributed by atoms with Crippen molar-refractivity contribution in [3.05, 3.63) is 35.9 Å². The van der Waals surface area contributed by atoms with Crippen LogP contribution in [0.3, 0.4) is 0 Å². The van der Waals surface area contributed by atoms with E-state index >= 15 is 0 Å². The molecule has 1 fully saturated rings. The molecule has 9 heteroatoms. The van der Waals surface area contributed by atoms with Gasteiger partial charge in [-0.05, 0) is 38.2 Å². The van der Waals surface area contributed by atoms with Gasteiger partial charge in [-0.3, -0.25) is 0 Å². The van der Waals surface area contributed by atoms with Crippen molar-refractivity contribution < 1.29 is 22.7 Å². The molecule has 2 aromatic rings. The van der Waals surface area contributed by atoms with Crippen LogP contribution in [0.1, 0.15) is 17.9 Å². The minimum Gasteiger partial charge on any atom is -0.419 e. The predicted octanol–water partition coefficient (Wildman–Crippen LogP) is 2.61. The van der Waals surface area contributed by atoms with Crippen molar-refractivity contribution in [3.8, 4) is 17.0 Å². The van der Waals surface area contributed by atoms with Gasteiger partial charge in [0, 0.05) is 23.6 Å². The molecule has 0 saturated carbocycles. The maximum atomic E-state index is 12.5. The number of ether oxygens (including phenoxy) is 1. The van der Waals surface area contributed by atoms with Crippen LogP contribution in [-0.2, 0) is 4.79 Å². The quantitative estimate of drug-likeness (QED) is 0.664. The predicted molar refractivity (Wildman–Crippen MR) is 88.4 cm³/mol. The van der Waals surface area contributed by atoms with Crippen LogP contribution < -0.4 is 10.5 Å². The zero-order valence-electron chi connectivity index (χ0n) is 14.0. The van der Waals surface area contributed by atoms with Crippen LogP contribution >= 0.6 is 0 Å². The maximum Gasteiger partial charge on any atom is 0.491 e. The number of anilines is 1. The molecule has 1 aromatic heterocycles. The van der Waals surface area contributed by atoms with E-state index in [0.717, 1.165) is 25.1 Å². The van der Waals surface area contributed by atoms with E-state index < -0.39 is 12.1 Å². The third-order valence-electron chi connectivity index (χ3n) is 4.28. The minimum absolute atomic E-state index is 0.166. The molecule has 3 rings (SSSR count). The first-order chi connectivity index (χ1) is 12.3. The number of alkyl halides is 3. The number of esters is 1. The third kappa shape index (κ3) is 3.77. The Labute approximate surface area is 147 Å². The Balaban J connectivity index is 1.96. The van der Waals surface area contributed by atoms with Crippen LogP contribution in [0.4, 0.5) is 19.0 Å². The summed E-state index contributed by atoms with van der Waals surface area (Å²) in [5.74, 6) is -2.06. The number of nitrogens with zero attached hydrogens (tertiary/aromatic N) is 3. The van der Waals surface area contributed by atoms with Crippen molar-refractivity contribution >= 4 is 11.8 Å². The summed E-state index contributed by atoms with van der Waals surface area (Å²) >= 11 is 0. The molecule has 1 aliphatic rings. The summed E-state index contributed by atoms with van der Waals surface area (Å²) in [6, 6.07) is 7.58. The molecule has 2 heterocycles. The lowest BCUT2D eigenvalue weighted by molar-refractivity contribution is -0.189. The fourth-order valence-corrected chi connectivity index (χ4v) is 2.99. The van der Waals surface area contributed by atoms with E-state index in [0.29, 0.717) is 11.5 Å². The second-order valence-electron chi connectivity index (χ2n) is 6.20. The monoisotopic (exact) mass is 366 g/mol. The van der Waals surface area contributed by atoms with Gasteiger partial charge < -0.3 is 15.4 Å². The number of rotatable bonds is 3. The van der Waals surface area contributed by atoms with Crippen LogP contribution in [0, 0.1) is 0 Å². The number of hydrogen-bond donors (Lipinski definition) is 1. The molecule has 0 amide bonds. The van der Waals surface area contributed by atoms with E-state index in [-0.39, 0.29) is 17.2 Å². The van der Waals surface area contributed by atoms with Gasteiger partial charge in [-0.15, -0.1) is 10.2 Å². The van der Waals surface area contributed by atoms with Gasteiger partial charge in [-0.2, -0.15) is 13.2 Å². The standard InChI is InChI=1S/C17H17F3N4O2/c1-24-7-6-10(9-24)12-8-13(22-23-15(12)21)11-4-2-3-5-14(11)26-16(25)17(18,19)20/h2-5,8,10H,6-7,9H2,1H3,(H2,21,23). The summed E-state index contributed by atoms with van der Waals surface area (Å²) in [5.41, 5.74) is 7.27. The van der Waals surface area contributed by atoms with Gasteiger partial charge in [-0.1, -0.05) is 12.1 Å². The molecule has 26 heavy (non-hydrogen) atoms. The normalized spacial score (nSPS) is 18.1. The lowest BCUT2D eigenvalue weighted by Crippen LogP contribution is -2.28. The molecular weight excluding hydrogens is 349 g/mol. The molecule has 1 atom stereocenters. The summed E-state index contributed by atoms with van der Waals surface area (Å²) in [6.45, 7) is 1.72. The summed E-state index contributed by atoms with van der Waals surface area (Å²) < 4.78 is 42.0. The number of aromatic nitrogens is 2. The number of benzene rings is 1. The minimum atomic E-state index is -5.08. The van der Waals surface area contributed by atoms with Gasteiger partial charge in [0.05, 0.1) is 5.69 Å². The summed E-state index contributed by atoms with van der Waals surface area (Å²) in [6.07, 6.45) is -4.18. The van der Waals surface area contributed by atoms with E-state index in [9.17, 15) is 18.0 Å². The zero-order chi connectivity index (χ0) is 18.9. The van der Waals surface area contributed by atoms with Crippen LogP contribution in [-0.4, -0.2) is 47.4 Å². The Morgan fingerprint density at radius 1 is 1.31 bits per heavy atom. The fourth-order valence-electron chi connectivity index (χ4n) is 2.99. The molecule has 1 aromatic carbocycles. The first-order valence-electron chi connectivity index (χ1n) is 7.95. The molecule has 0 bridgehead atoms. The zero-order valence-corrected chi connectivity index (χ0v) is 14.0. The van der Waals surface area contributed by atoms with Crippen LogP contribution in [0.5, 0.6) is 5.75 Å². The molecule has 1 unspecified atom stereocenters. The van der Waals surface area contributed by atoms with Crippen LogP contribution in [0.15, 0.2) is 30.3 Å². The SMILES string of the molecule is CN1CCC(c2cc(-c3ccccc3OC(=O)C(F)(F)F)nnc2N)C1. The van der Waals surface area contributed by atoms with Crippen molar-refractivity contribution in [1.82, 2.24) is 15.1 Å². The number of halogens is 3.